The quantitative estimate of drug-likeness (QED) is 0.151. The van der Waals surface area contributed by atoms with Crippen LogP contribution in [0.25, 0.3) is 86.6 Å². The van der Waals surface area contributed by atoms with Gasteiger partial charge in [0.2, 0.25) is 0 Å². The monoisotopic (exact) mass is 909 g/mol. The lowest BCUT2D eigenvalue weighted by Gasteiger charge is -2.34. The van der Waals surface area contributed by atoms with Crippen LogP contribution in [-0.2, 0) is 5.41 Å². The first-order valence-electron chi connectivity index (χ1n) is 24.0. The van der Waals surface area contributed by atoms with Gasteiger partial charge in [0.1, 0.15) is 11.2 Å². The van der Waals surface area contributed by atoms with E-state index in [1.807, 2.05) is 23.5 Å². The number of hydrogen-bond donors (Lipinski definition) is 0. The van der Waals surface area contributed by atoms with Gasteiger partial charge in [-0.25, -0.2) is 0 Å². The van der Waals surface area contributed by atoms with E-state index in [4.69, 9.17) is 4.42 Å². The summed E-state index contributed by atoms with van der Waals surface area (Å²) >= 11 is 1.86. The third-order valence-electron chi connectivity index (χ3n) is 14.6. The molecule has 0 atom stereocenters. The van der Waals surface area contributed by atoms with Crippen LogP contribution >= 0.6 is 11.3 Å². The summed E-state index contributed by atoms with van der Waals surface area (Å²) < 4.78 is 8.79. The maximum absolute atomic E-state index is 6.16. The summed E-state index contributed by atoms with van der Waals surface area (Å²) in [5.74, 6) is 0. The third-order valence-corrected chi connectivity index (χ3v) is 15.7. The molecule has 0 fully saturated rings. The summed E-state index contributed by atoms with van der Waals surface area (Å²) in [6, 6.07) is 95.6. The van der Waals surface area contributed by atoms with Crippen LogP contribution in [0.3, 0.4) is 0 Å². The molecule has 11 aromatic carbocycles. The van der Waals surface area contributed by atoms with Crippen LogP contribution in [0, 0.1) is 0 Å². The Bertz CT molecular complexity index is 4070. The highest BCUT2D eigenvalue weighted by molar-refractivity contribution is 7.25. The molecule has 0 bridgehead atoms. The van der Waals surface area contributed by atoms with Crippen LogP contribution in [0.5, 0.6) is 0 Å². The van der Waals surface area contributed by atoms with E-state index >= 15 is 0 Å². The van der Waals surface area contributed by atoms with E-state index < -0.39 is 5.41 Å². The standard InChI is InChI=1S/C67H43NOS/c1-3-17-49(18-4-1)67(50-19-5-2-6-20-50)60-25-10-7-21-55(60)58-43-53(38-39-61(58)67)68(52-36-31-45(32-37-52)54-24-14-28-65-66(54)57-23-9-12-27-64(57)70-65)51-34-29-44(30-35-51)46-15-13-16-47(41-46)48-33-40-63-59(42-48)56-22-8-11-26-62(56)69-63/h1-43H. The zero-order chi connectivity index (χ0) is 46.2. The smallest absolute Gasteiger partial charge is 0.135 e. The molecule has 0 amide bonds. The minimum atomic E-state index is -0.472. The molecule has 1 aliphatic carbocycles. The van der Waals surface area contributed by atoms with Crippen molar-refractivity contribution in [2.24, 2.45) is 0 Å². The molecule has 13 aromatic rings. The van der Waals surface area contributed by atoms with E-state index in [0.29, 0.717) is 0 Å². The molecule has 0 aliphatic heterocycles. The van der Waals surface area contributed by atoms with Gasteiger partial charge in [0.25, 0.3) is 0 Å². The first kappa shape index (κ1) is 40.3. The van der Waals surface area contributed by atoms with Gasteiger partial charge < -0.3 is 9.32 Å². The lowest BCUT2D eigenvalue weighted by molar-refractivity contribution is 0.669. The fraction of sp³-hybridized carbons (Fsp3) is 0.0149. The minimum Gasteiger partial charge on any atom is -0.456 e. The molecule has 0 radical (unpaired) electrons. The maximum Gasteiger partial charge on any atom is 0.135 e. The van der Waals surface area contributed by atoms with Crippen LogP contribution < -0.4 is 4.90 Å². The zero-order valence-electron chi connectivity index (χ0n) is 38.1. The molecule has 0 saturated carbocycles. The van der Waals surface area contributed by atoms with Gasteiger partial charge in [-0.15, -0.1) is 11.3 Å². The van der Waals surface area contributed by atoms with Crippen molar-refractivity contribution in [2.75, 3.05) is 4.90 Å². The number of hydrogen-bond acceptors (Lipinski definition) is 3. The molecule has 0 N–H and O–H groups in total. The Morgan fingerprint density at radius 2 is 0.857 bits per heavy atom. The Labute approximate surface area is 410 Å². The number of rotatable bonds is 8. The predicted octanol–water partition coefficient (Wildman–Crippen LogP) is 18.8. The van der Waals surface area contributed by atoms with Gasteiger partial charge in [-0.05, 0) is 140 Å². The van der Waals surface area contributed by atoms with Gasteiger partial charge in [0, 0.05) is 48.0 Å². The van der Waals surface area contributed by atoms with E-state index in [1.54, 1.807) is 0 Å². The minimum absolute atomic E-state index is 0.472. The van der Waals surface area contributed by atoms with E-state index in [1.165, 1.54) is 75.8 Å². The van der Waals surface area contributed by atoms with Gasteiger partial charge in [-0.3, -0.25) is 0 Å². The number of para-hydroxylation sites is 1. The largest absolute Gasteiger partial charge is 0.456 e. The molecule has 328 valence electrons. The highest BCUT2D eigenvalue weighted by Crippen LogP contribution is 2.57. The van der Waals surface area contributed by atoms with Crippen LogP contribution in [-0.4, -0.2) is 0 Å². The number of fused-ring (bicyclic) bond motifs is 9. The van der Waals surface area contributed by atoms with E-state index in [2.05, 4.69) is 254 Å². The van der Waals surface area contributed by atoms with Gasteiger partial charge in [0.15, 0.2) is 0 Å². The summed E-state index contributed by atoms with van der Waals surface area (Å²) in [6.07, 6.45) is 0. The van der Waals surface area contributed by atoms with Crippen molar-refractivity contribution >= 4 is 70.5 Å². The maximum atomic E-state index is 6.16. The topological polar surface area (TPSA) is 16.4 Å². The first-order valence-corrected chi connectivity index (χ1v) is 24.8. The van der Waals surface area contributed by atoms with Gasteiger partial charge in [0.05, 0.1) is 5.41 Å². The Morgan fingerprint density at radius 1 is 0.314 bits per heavy atom. The molecule has 0 saturated heterocycles. The van der Waals surface area contributed by atoms with Crippen molar-refractivity contribution in [1.29, 1.82) is 0 Å². The van der Waals surface area contributed by atoms with Crippen molar-refractivity contribution in [3.63, 3.8) is 0 Å². The second-order valence-corrected chi connectivity index (χ2v) is 19.4. The normalized spacial score (nSPS) is 12.7. The summed E-state index contributed by atoms with van der Waals surface area (Å²) in [6.45, 7) is 0. The Kier molecular flexibility index (Phi) is 9.33. The van der Waals surface area contributed by atoms with Gasteiger partial charge >= 0.3 is 0 Å². The van der Waals surface area contributed by atoms with Crippen LogP contribution in [0.2, 0.25) is 0 Å². The first-order chi connectivity index (χ1) is 34.7. The summed E-state index contributed by atoms with van der Waals surface area (Å²) in [5, 5.41) is 4.90. The molecular formula is C67H43NOS. The van der Waals surface area contributed by atoms with Crippen molar-refractivity contribution in [3.8, 4) is 44.5 Å². The van der Waals surface area contributed by atoms with Crippen molar-refractivity contribution in [2.45, 2.75) is 5.41 Å². The molecule has 2 aromatic heterocycles. The van der Waals surface area contributed by atoms with E-state index in [0.717, 1.165) is 50.1 Å². The second-order valence-electron chi connectivity index (χ2n) is 18.4. The fourth-order valence-electron chi connectivity index (χ4n) is 11.4. The molecule has 2 heterocycles. The number of furan rings is 1. The second kappa shape index (κ2) is 16.2. The van der Waals surface area contributed by atoms with Crippen molar-refractivity contribution < 1.29 is 4.42 Å². The highest BCUT2D eigenvalue weighted by atomic mass is 32.1. The zero-order valence-corrected chi connectivity index (χ0v) is 38.9. The van der Waals surface area contributed by atoms with Crippen LogP contribution in [0.4, 0.5) is 17.1 Å². The average molecular weight is 910 g/mol. The van der Waals surface area contributed by atoms with E-state index in [-0.39, 0.29) is 0 Å². The Balaban J connectivity index is 0.898. The van der Waals surface area contributed by atoms with Crippen LogP contribution in [0.15, 0.2) is 265 Å². The Hall–Kier alpha value is -8.76. The highest BCUT2D eigenvalue weighted by Gasteiger charge is 2.46. The molecule has 1 aliphatic rings. The predicted molar refractivity (Wildman–Crippen MR) is 295 cm³/mol. The fourth-order valence-corrected chi connectivity index (χ4v) is 12.5. The average Bonchev–Trinajstić information content (AvgIpc) is 4.10. The third kappa shape index (κ3) is 6.32. The number of benzene rings is 11. The molecule has 3 heteroatoms. The summed E-state index contributed by atoms with van der Waals surface area (Å²) in [5.41, 5.74) is 19.3. The van der Waals surface area contributed by atoms with Gasteiger partial charge in [-0.2, -0.15) is 0 Å². The number of nitrogens with zero attached hydrogens (tertiary/aromatic N) is 1. The molecule has 14 rings (SSSR count). The van der Waals surface area contributed by atoms with Crippen molar-refractivity contribution in [3.05, 3.63) is 283 Å². The molecule has 70 heavy (non-hydrogen) atoms. The molecule has 2 nitrogen and oxygen atoms in total. The van der Waals surface area contributed by atoms with E-state index in [9.17, 15) is 0 Å². The molecule has 0 unspecified atom stereocenters. The number of thiophene rings is 1. The lowest BCUT2D eigenvalue weighted by Crippen LogP contribution is -2.28. The lowest BCUT2D eigenvalue weighted by atomic mass is 9.68. The Morgan fingerprint density at radius 3 is 1.63 bits per heavy atom. The summed E-state index contributed by atoms with van der Waals surface area (Å²) in [4.78, 5) is 2.42. The van der Waals surface area contributed by atoms with Crippen molar-refractivity contribution in [1.82, 2.24) is 0 Å². The number of anilines is 3. The van der Waals surface area contributed by atoms with Gasteiger partial charge in [-0.1, -0.05) is 188 Å². The SMILES string of the molecule is c1ccc(C2(c3ccccc3)c3ccccc3-c3cc(N(c4ccc(-c5cccc(-c6ccc7oc8ccccc8c7c6)c5)cc4)c4ccc(-c5cccc6sc7ccccc7c56)cc4)ccc32)cc1. The summed E-state index contributed by atoms with van der Waals surface area (Å²) in [7, 11) is 0. The van der Waals surface area contributed by atoms with Crippen LogP contribution in [0.1, 0.15) is 22.3 Å². The molecular weight excluding hydrogens is 867 g/mol. The molecule has 0 spiro atoms.